The number of rotatable bonds is 10. The molecule has 0 aliphatic carbocycles. The van der Waals surface area contributed by atoms with Crippen molar-refractivity contribution in [3.05, 3.63) is 0 Å². The summed E-state index contributed by atoms with van der Waals surface area (Å²) in [5.74, 6) is 0. The van der Waals surface area contributed by atoms with Crippen LogP contribution in [0.15, 0.2) is 0 Å². The summed E-state index contributed by atoms with van der Waals surface area (Å²) < 4.78 is 8.53. The molecule has 2 saturated heterocycles. The van der Waals surface area contributed by atoms with Crippen molar-refractivity contribution in [3.63, 3.8) is 0 Å². The Morgan fingerprint density at radius 1 is 0.778 bits per heavy atom. The van der Waals surface area contributed by atoms with Crippen LogP contribution >= 0.6 is 67.6 Å². The highest BCUT2D eigenvalue weighted by molar-refractivity contribution is 8.84. The van der Waals surface area contributed by atoms with Crippen LogP contribution in [-0.4, -0.2) is 55.5 Å². The first kappa shape index (κ1) is 24.4. The molecule has 27 heavy (non-hydrogen) atoms. The minimum Gasteiger partial charge on any atom is -0.357 e. The summed E-state index contributed by atoms with van der Waals surface area (Å²) in [5, 5.41) is 0. The molecule has 2 aliphatic rings. The second-order valence-corrected chi connectivity index (χ2v) is 12.8. The average molecular weight is 485 g/mol. The van der Waals surface area contributed by atoms with Gasteiger partial charge in [-0.3, -0.25) is 0 Å². The van der Waals surface area contributed by atoms with E-state index in [1.165, 1.54) is 25.7 Å². The first-order valence-corrected chi connectivity index (χ1v) is 15.3. The highest BCUT2D eigenvalue weighted by atomic mass is 33.1. The lowest BCUT2D eigenvalue weighted by Gasteiger charge is -2.25. The van der Waals surface area contributed by atoms with Gasteiger partial charge in [0.15, 0.2) is 0 Å². The normalized spacial score (nSPS) is 19.5. The number of thiocarbonyl (C=S) groups is 2. The minimum atomic E-state index is 0.186. The Hall–Kier alpha value is 1.14. The molecule has 2 atom stereocenters. The smallest absolute Gasteiger partial charge is 0.147 e. The van der Waals surface area contributed by atoms with E-state index in [2.05, 4.69) is 23.6 Å². The average Bonchev–Trinajstić information content (AvgIpc) is 3.37. The fraction of sp³-hybridized carbons (Fsp3) is 0.889. The third-order valence-corrected chi connectivity index (χ3v) is 11.1. The van der Waals surface area contributed by atoms with E-state index in [1.807, 2.05) is 0 Å². The third-order valence-electron chi connectivity index (χ3n) is 4.53. The summed E-state index contributed by atoms with van der Waals surface area (Å²) in [6, 6.07) is 0. The van der Waals surface area contributed by atoms with Gasteiger partial charge in [0.25, 0.3) is 0 Å². The van der Waals surface area contributed by atoms with Gasteiger partial charge in [-0.2, -0.15) is 0 Å². The molecule has 0 bridgehead atoms. The van der Waals surface area contributed by atoms with Gasteiger partial charge in [-0.15, -0.1) is 0 Å². The van der Waals surface area contributed by atoms with Crippen LogP contribution < -0.4 is 0 Å². The topological polar surface area (TPSA) is 15.7 Å². The molecule has 2 fully saturated rings. The highest BCUT2D eigenvalue weighted by Gasteiger charge is 2.23. The first-order valence-electron chi connectivity index (χ1n) is 10.0. The number of likely N-dealkylation sites (tertiary alicyclic amines) is 2. The van der Waals surface area contributed by atoms with Gasteiger partial charge in [-0.05, 0) is 60.1 Å². The molecule has 0 amide bonds. The van der Waals surface area contributed by atoms with E-state index in [1.54, 1.807) is 43.2 Å². The van der Waals surface area contributed by atoms with E-state index >= 15 is 0 Å². The largest absolute Gasteiger partial charge is 0.357 e. The Morgan fingerprint density at radius 3 is 1.48 bits per heavy atom. The molecule has 0 spiro atoms. The Bertz CT molecular complexity index is 415. The number of hydrogen-bond acceptors (Lipinski definition) is 7. The van der Waals surface area contributed by atoms with Crippen molar-refractivity contribution in [2.45, 2.75) is 76.1 Å². The molecule has 3 nitrogen and oxygen atoms in total. The number of ether oxygens (including phenoxy) is 1. The lowest BCUT2D eigenvalue weighted by molar-refractivity contribution is 0.0826. The van der Waals surface area contributed by atoms with E-state index in [-0.39, 0.29) is 10.9 Å². The molecule has 0 radical (unpaired) electrons. The second-order valence-electron chi connectivity index (χ2n) is 6.85. The van der Waals surface area contributed by atoms with Gasteiger partial charge in [0.2, 0.25) is 0 Å². The van der Waals surface area contributed by atoms with Crippen molar-refractivity contribution in [2.75, 3.05) is 26.2 Å². The standard InChI is InChI=1S/C18H32N2OS6/c1-3-9-15(24-26-17(22)19-11-5-6-12-19)21-16(10-4-2)25-27-18(23)20-13-7-8-14-20/h15-16H,3-14H2,1-2H3. The molecular weight excluding hydrogens is 453 g/mol. The maximum Gasteiger partial charge on any atom is 0.147 e. The van der Waals surface area contributed by atoms with Crippen LogP contribution in [0.3, 0.4) is 0 Å². The van der Waals surface area contributed by atoms with Crippen molar-refractivity contribution in [3.8, 4) is 0 Å². The third kappa shape index (κ3) is 9.22. The predicted octanol–water partition coefficient (Wildman–Crippen LogP) is 6.78. The molecule has 0 aromatic heterocycles. The molecule has 0 saturated carbocycles. The molecule has 2 aliphatic heterocycles. The highest BCUT2D eigenvalue weighted by Crippen LogP contribution is 2.39. The van der Waals surface area contributed by atoms with Gasteiger partial charge in [-0.25, -0.2) is 0 Å². The molecule has 0 aromatic rings. The summed E-state index contributed by atoms with van der Waals surface area (Å²) >= 11 is 11.2. The van der Waals surface area contributed by atoms with E-state index in [4.69, 9.17) is 29.2 Å². The lowest BCUT2D eigenvalue weighted by atomic mass is 10.3. The van der Waals surface area contributed by atoms with Crippen LogP contribution in [0.1, 0.15) is 65.2 Å². The number of hydrogen-bond donors (Lipinski definition) is 0. The molecule has 0 aromatic carbocycles. The molecule has 156 valence electrons. The fourth-order valence-electron chi connectivity index (χ4n) is 3.01. The summed E-state index contributed by atoms with van der Waals surface area (Å²) in [5.41, 5.74) is 0.371. The zero-order valence-electron chi connectivity index (χ0n) is 16.4. The van der Waals surface area contributed by atoms with Crippen molar-refractivity contribution in [1.82, 2.24) is 9.80 Å². The van der Waals surface area contributed by atoms with Gasteiger partial charge < -0.3 is 14.5 Å². The molecule has 2 heterocycles. The second kappa shape index (κ2) is 14.2. The first-order chi connectivity index (χ1) is 13.1. The minimum absolute atomic E-state index is 0.186. The fourth-order valence-corrected chi connectivity index (χ4v) is 8.75. The summed E-state index contributed by atoms with van der Waals surface area (Å²) in [6.45, 7) is 8.91. The van der Waals surface area contributed by atoms with Gasteiger partial charge in [0, 0.05) is 26.2 Å². The van der Waals surface area contributed by atoms with Gasteiger partial charge in [0.1, 0.15) is 19.5 Å². The van der Waals surface area contributed by atoms with Crippen LogP contribution in [0.2, 0.25) is 0 Å². The monoisotopic (exact) mass is 484 g/mol. The van der Waals surface area contributed by atoms with Crippen molar-refractivity contribution >= 4 is 76.3 Å². The van der Waals surface area contributed by atoms with Gasteiger partial charge >= 0.3 is 0 Å². The van der Waals surface area contributed by atoms with Crippen molar-refractivity contribution in [2.24, 2.45) is 0 Å². The predicted molar refractivity (Wildman–Crippen MR) is 136 cm³/mol. The quantitative estimate of drug-likeness (QED) is 0.188. The maximum absolute atomic E-state index is 6.49. The van der Waals surface area contributed by atoms with Crippen molar-refractivity contribution in [1.29, 1.82) is 0 Å². The molecule has 2 unspecified atom stereocenters. The summed E-state index contributed by atoms with van der Waals surface area (Å²) in [7, 11) is 7.05. The summed E-state index contributed by atoms with van der Waals surface area (Å²) in [4.78, 5) is 4.66. The SMILES string of the molecule is CCCC(OC(CCC)SSC(=S)N1CCCC1)SSC(=S)N1CCCC1. The van der Waals surface area contributed by atoms with Crippen molar-refractivity contribution < 1.29 is 4.74 Å². The maximum atomic E-state index is 6.49. The van der Waals surface area contributed by atoms with E-state index in [0.29, 0.717) is 0 Å². The summed E-state index contributed by atoms with van der Waals surface area (Å²) in [6.07, 6.45) is 9.43. The Kier molecular flexibility index (Phi) is 12.8. The van der Waals surface area contributed by atoms with Crippen LogP contribution in [0.25, 0.3) is 0 Å². The molecular formula is C18H32N2OS6. The van der Waals surface area contributed by atoms with Gasteiger partial charge in [0.05, 0.1) is 0 Å². The van der Waals surface area contributed by atoms with Crippen LogP contribution in [0, 0.1) is 0 Å². The Morgan fingerprint density at radius 2 is 1.15 bits per heavy atom. The zero-order chi connectivity index (χ0) is 19.5. The number of nitrogens with zero attached hydrogens (tertiary/aromatic N) is 2. The molecule has 9 heteroatoms. The molecule has 0 N–H and O–H groups in total. The van der Waals surface area contributed by atoms with Crippen LogP contribution in [0.5, 0.6) is 0 Å². The molecule has 2 rings (SSSR count). The van der Waals surface area contributed by atoms with E-state index < -0.39 is 0 Å². The lowest BCUT2D eigenvalue weighted by Crippen LogP contribution is -2.24. The van der Waals surface area contributed by atoms with Crippen LogP contribution in [-0.2, 0) is 4.74 Å². The Labute approximate surface area is 192 Å². The van der Waals surface area contributed by atoms with E-state index in [9.17, 15) is 0 Å². The van der Waals surface area contributed by atoms with Gasteiger partial charge in [-0.1, -0.05) is 72.7 Å². The zero-order valence-corrected chi connectivity index (χ0v) is 21.3. The Balaban J connectivity index is 1.77. The van der Waals surface area contributed by atoms with Crippen LogP contribution in [0.4, 0.5) is 0 Å². The van der Waals surface area contributed by atoms with E-state index in [0.717, 1.165) is 60.5 Å².